The van der Waals surface area contributed by atoms with E-state index in [1.54, 1.807) is 0 Å². The molecule has 24 heavy (non-hydrogen) atoms. The summed E-state index contributed by atoms with van der Waals surface area (Å²) in [6.07, 6.45) is -3.48. The van der Waals surface area contributed by atoms with E-state index in [9.17, 15) is 10.2 Å². The molecule has 5 nitrogen and oxygen atoms in total. The maximum Gasteiger partial charge on any atom is 0.184 e. The Morgan fingerprint density at radius 1 is 0.833 bits per heavy atom. The number of aliphatic hydroxyl groups excluding tert-OH is 2. The second-order valence-electron chi connectivity index (χ2n) is 5.82. The first-order valence-corrected chi connectivity index (χ1v) is 8.03. The zero-order valence-electron chi connectivity index (χ0n) is 13.3. The Morgan fingerprint density at radius 3 is 2.04 bits per heavy atom. The summed E-state index contributed by atoms with van der Waals surface area (Å²) in [6, 6.07) is 19.5. The van der Waals surface area contributed by atoms with Crippen LogP contribution in [-0.2, 0) is 27.4 Å². The molecule has 2 N–H and O–H groups in total. The molecule has 1 aliphatic heterocycles. The van der Waals surface area contributed by atoms with Crippen molar-refractivity contribution in [2.75, 3.05) is 6.61 Å². The molecular formula is C19H22O5. The van der Waals surface area contributed by atoms with Gasteiger partial charge in [-0.05, 0) is 11.1 Å². The van der Waals surface area contributed by atoms with Gasteiger partial charge in [-0.3, -0.25) is 0 Å². The van der Waals surface area contributed by atoms with Crippen LogP contribution in [-0.4, -0.2) is 41.4 Å². The lowest BCUT2D eigenvalue weighted by molar-refractivity contribution is -0.137. The van der Waals surface area contributed by atoms with Crippen LogP contribution in [0.25, 0.3) is 0 Å². The second kappa shape index (κ2) is 8.37. The molecule has 0 aliphatic carbocycles. The zero-order valence-corrected chi connectivity index (χ0v) is 13.3. The molecule has 1 unspecified atom stereocenters. The van der Waals surface area contributed by atoms with Crippen molar-refractivity contribution in [2.45, 2.75) is 37.8 Å². The molecule has 0 aromatic heterocycles. The first-order valence-electron chi connectivity index (χ1n) is 8.03. The van der Waals surface area contributed by atoms with Crippen LogP contribution in [0.3, 0.4) is 0 Å². The minimum absolute atomic E-state index is 0.239. The summed E-state index contributed by atoms with van der Waals surface area (Å²) in [6.45, 7) is 1.02. The molecule has 5 heteroatoms. The fraction of sp³-hybridized carbons (Fsp3) is 0.368. The molecule has 2 aromatic carbocycles. The van der Waals surface area contributed by atoms with Crippen LogP contribution in [0, 0.1) is 0 Å². The molecule has 4 atom stereocenters. The summed E-state index contributed by atoms with van der Waals surface area (Å²) in [7, 11) is 0. The largest absolute Gasteiger partial charge is 0.385 e. The molecule has 0 bridgehead atoms. The highest BCUT2D eigenvalue weighted by molar-refractivity contribution is 5.14. The highest BCUT2D eigenvalue weighted by Crippen LogP contribution is 2.24. The quantitative estimate of drug-likeness (QED) is 0.811. The van der Waals surface area contributed by atoms with Crippen molar-refractivity contribution < 1.29 is 24.4 Å². The van der Waals surface area contributed by atoms with Gasteiger partial charge in [0, 0.05) is 0 Å². The van der Waals surface area contributed by atoms with Crippen molar-refractivity contribution in [1.82, 2.24) is 0 Å². The first-order chi connectivity index (χ1) is 11.7. The second-order valence-corrected chi connectivity index (χ2v) is 5.82. The highest BCUT2D eigenvalue weighted by Gasteiger charge is 2.43. The van der Waals surface area contributed by atoms with Gasteiger partial charge < -0.3 is 24.4 Å². The lowest BCUT2D eigenvalue weighted by Crippen LogP contribution is -2.37. The van der Waals surface area contributed by atoms with Crippen molar-refractivity contribution in [2.24, 2.45) is 0 Å². The standard InChI is InChI=1S/C19H22O5/c20-17-18(23-12-15-9-5-2-6-10-15)16(24-19(17)21)13-22-11-14-7-3-1-4-8-14/h1-10,16-21H,11-13H2/t16-,17+,18?,19+/m1/s1. The average Bonchev–Trinajstić information content (AvgIpc) is 2.89. The van der Waals surface area contributed by atoms with Gasteiger partial charge in [-0.1, -0.05) is 60.7 Å². The smallest absolute Gasteiger partial charge is 0.184 e. The molecule has 2 aromatic rings. The van der Waals surface area contributed by atoms with Crippen LogP contribution in [0.4, 0.5) is 0 Å². The minimum Gasteiger partial charge on any atom is -0.385 e. The molecule has 1 fully saturated rings. The maximum atomic E-state index is 10.1. The highest BCUT2D eigenvalue weighted by atomic mass is 16.7. The third-order valence-electron chi connectivity index (χ3n) is 3.99. The number of aliphatic hydroxyl groups is 2. The monoisotopic (exact) mass is 330 g/mol. The van der Waals surface area contributed by atoms with Gasteiger partial charge in [0.05, 0.1) is 19.8 Å². The van der Waals surface area contributed by atoms with Gasteiger partial charge in [-0.2, -0.15) is 0 Å². The van der Waals surface area contributed by atoms with Gasteiger partial charge in [0.15, 0.2) is 6.29 Å². The SMILES string of the molecule is O[C@H]1O[C@H](COCc2ccccc2)C(OCc2ccccc2)[C@@H]1O. The van der Waals surface area contributed by atoms with E-state index in [1.165, 1.54) is 0 Å². The predicted octanol–water partition coefficient (Wildman–Crippen LogP) is 1.87. The Balaban J connectivity index is 1.52. The normalized spacial score (nSPS) is 26.6. The predicted molar refractivity (Wildman–Crippen MR) is 88.0 cm³/mol. The van der Waals surface area contributed by atoms with E-state index in [-0.39, 0.29) is 6.61 Å². The van der Waals surface area contributed by atoms with Crippen molar-refractivity contribution in [3.05, 3.63) is 71.8 Å². The molecular weight excluding hydrogens is 308 g/mol. The lowest BCUT2D eigenvalue weighted by Gasteiger charge is -2.20. The van der Waals surface area contributed by atoms with E-state index in [0.717, 1.165) is 11.1 Å². The van der Waals surface area contributed by atoms with Gasteiger partial charge in [-0.25, -0.2) is 0 Å². The maximum absolute atomic E-state index is 10.1. The van der Waals surface area contributed by atoms with Crippen LogP contribution < -0.4 is 0 Å². The van der Waals surface area contributed by atoms with Gasteiger partial charge >= 0.3 is 0 Å². The van der Waals surface area contributed by atoms with Gasteiger partial charge in [-0.15, -0.1) is 0 Å². The summed E-state index contributed by atoms with van der Waals surface area (Å²) < 4.78 is 16.8. The molecule has 0 radical (unpaired) electrons. The van der Waals surface area contributed by atoms with E-state index in [2.05, 4.69) is 0 Å². The fourth-order valence-electron chi connectivity index (χ4n) is 2.69. The molecule has 1 saturated heterocycles. The van der Waals surface area contributed by atoms with Crippen LogP contribution in [0.1, 0.15) is 11.1 Å². The molecule has 0 amide bonds. The Morgan fingerprint density at radius 2 is 1.42 bits per heavy atom. The molecule has 128 valence electrons. The number of hydrogen-bond acceptors (Lipinski definition) is 5. The Kier molecular flexibility index (Phi) is 5.96. The fourth-order valence-corrected chi connectivity index (χ4v) is 2.69. The van der Waals surface area contributed by atoms with Crippen molar-refractivity contribution in [3.8, 4) is 0 Å². The van der Waals surface area contributed by atoms with Gasteiger partial charge in [0.25, 0.3) is 0 Å². The number of rotatable bonds is 7. The number of hydrogen-bond donors (Lipinski definition) is 2. The van der Waals surface area contributed by atoms with E-state index >= 15 is 0 Å². The average molecular weight is 330 g/mol. The van der Waals surface area contributed by atoms with E-state index in [1.807, 2.05) is 60.7 Å². The summed E-state index contributed by atoms with van der Waals surface area (Å²) in [5, 5.41) is 19.8. The number of benzene rings is 2. The summed E-state index contributed by atoms with van der Waals surface area (Å²) in [4.78, 5) is 0. The van der Waals surface area contributed by atoms with Crippen molar-refractivity contribution in [3.63, 3.8) is 0 Å². The van der Waals surface area contributed by atoms with Crippen LogP contribution in [0.5, 0.6) is 0 Å². The van der Waals surface area contributed by atoms with Crippen molar-refractivity contribution >= 4 is 0 Å². The van der Waals surface area contributed by atoms with Gasteiger partial charge in [0.1, 0.15) is 18.3 Å². The van der Waals surface area contributed by atoms with Crippen LogP contribution in [0.15, 0.2) is 60.7 Å². The lowest BCUT2D eigenvalue weighted by atomic mass is 10.1. The molecule has 3 rings (SSSR count). The molecule has 0 spiro atoms. The summed E-state index contributed by atoms with van der Waals surface area (Å²) >= 11 is 0. The first kappa shape index (κ1) is 17.1. The Labute approximate surface area is 141 Å². The summed E-state index contributed by atoms with van der Waals surface area (Å²) in [5.41, 5.74) is 2.05. The molecule has 0 saturated carbocycles. The minimum atomic E-state index is -1.25. The molecule has 1 heterocycles. The topological polar surface area (TPSA) is 68.2 Å². The van der Waals surface area contributed by atoms with E-state index in [4.69, 9.17) is 14.2 Å². The number of ether oxygens (including phenoxy) is 3. The Hall–Kier alpha value is -1.76. The Bertz CT molecular complexity index is 604. The summed E-state index contributed by atoms with van der Waals surface area (Å²) in [5.74, 6) is 0. The van der Waals surface area contributed by atoms with E-state index < -0.39 is 24.6 Å². The van der Waals surface area contributed by atoms with Crippen molar-refractivity contribution in [1.29, 1.82) is 0 Å². The van der Waals surface area contributed by atoms with Crippen LogP contribution in [0.2, 0.25) is 0 Å². The van der Waals surface area contributed by atoms with Crippen LogP contribution >= 0.6 is 0 Å². The van der Waals surface area contributed by atoms with Gasteiger partial charge in [0.2, 0.25) is 0 Å². The molecule has 1 aliphatic rings. The third kappa shape index (κ3) is 4.41. The third-order valence-corrected chi connectivity index (χ3v) is 3.99. The van der Waals surface area contributed by atoms with E-state index in [0.29, 0.717) is 13.2 Å². The zero-order chi connectivity index (χ0) is 16.8.